The Balaban J connectivity index is 1.67. The standard InChI is InChI=1S/C16H14F2N2S/c17-12-6-7-14(18)15(9-12)20-16-19-13(10-21-16)8-11-4-2-1-3-5-11/h1-7,9,13H,8,10H2,(H,19,20). The van der Waals surface area contributed by atoms with Gasteiger partial charge in [-0.15, -0.1) is 0 Å². The first-order chi connectivity index (χ1) is 10.2. The van der Waals surface area contributed by atoms with Crippen LogP contribution in [0, 0.1) is 11.6 Å². The summed E-state index contributed by atoms with van der Waals surface area (Å²) in [7, 11) is 0. The van der Waals surface area contributed by atoms with Crippen molar-refractivity contribution in [2.24, 2.45) is 4.99 Å². The molecule has 1 heterocycles. The molecular weight excluding hydrogens is 290 g/mol. The van der Waals surface area contributed by atoms with E-state index < -0.39 is 11.6 Å². The van der Waals surface area contributed by atoms with E-state index >= 15 is 0 Å². The number of anilines is 1. The van der Waals surface area contributed by atoms with Crippen LogP contribution in [0.3, 0.4) is 0 Å². The molecule has 1 aliphatic heterocycles. The largest absolute Gasteiger partial charge is 0.332 e. The Morgan fingerprint density at radius 1 is 1.14 bits per heavy atom. The number of aliphatic imine (C=N–C) groups is 1. The van der Waals surface area contributed by atoms with E-state index in [-0.39, 0.29) is 11.7 Å². The Hall–Kier alpha value is -1.88. The van der Waals surface area contributed by atoms with Crippen molar-refractivity contribution in [3.8, 4) is 0 Å². The van der Waals surface area contributed by atoms with Gasteiger partial charge >= 0.3 is 0 Å². The fourth-order valence-electron chi connectivity index (χ4n) is 2.18. The van der Waals surface area contributed by atoms with Crippen LogP contribution in [0.15, 0.2) is 53.5 Å². The number of rotatable bonds is 3. The van der Waals surface area contributed by atoms with Crippen LogP contribution >= 0.6 is 11.8 Å². The third-order valence-electron chi connectivity index (χ3n) is 3.20. The predicted molar refractivity (Wildman–Crippen MR) is 83.8 cm³/mol. The number of hydrogen-bond donors (Lipinski definition) is 1. The van der Waals surface area contributed by atoms with Crippen LogP contribution < -0.4 is 5.32 Å². The maximum absolute atomic E-state index is 13.6. The highest BCUT2D eigenvalue weighted by Gasteiger charge is 2.19. The molecule has 0 bridgehead atoms. The SMILES string of the molecule is Fc1ccc(F)c(NC2=NC(Cc3ccccc3)CS2)c1. The number of nitrogens with zero attached hydrogens (tertiary/aromatic N) is 1. The molecule has 0 saturated carbocycles. The third kappa shape index (κ3) is 3.61. The van der Waals surface area contributed by atoms with Gasteiger partial charge in [0.15, 0.2) is 5.17 Å². The lowest BCUT2D eigenvalue weighted by Crippen LogP contribution is -2.09. The molecule has 5 heteroatoms. The molecule has 0 spiro atoms. The van der Waals surface area contributed by atoms with Gasteiger partial charge in [-0.05, 0) is 24.1 Å². The number of halogens is 2. The van der Waals surface area contributed by atoms with Crippen LogP contribution in [0.5, 0.6) is 0 Å². The fraction of sp³-hybridized carbons (Fsp3) is 0.188. The molecule has 2 nitrogen and oxygen atoms in total. The molecule has 0 aliphatic carbocycles. The van der Waals surface area contributed by atoms with Gasteiger partial charge in [0.25, 0.3) is 0 Å². The van der Waals surface area contributed by atoms with Gasteiger partial charge in [0.05, 0.1) is 11.7 Å². The Morgan fingerprint density at radius 2 is 1.95 bits per heavy atom. The van der Waals surface area contributed by atoms with E-state index in [1.54, 1.807) is 0 Å². The van der Waals surface area contributed by atoms with Crippen LogP contribution in [0.2, 0.25) is 0 Å². The van der Waals surface area contributed by atoms with Gasteiger partial charge in [-0.1, -0.05) is 42.1 Å². The van der Waals surface area contributed by atoms with Crippen LogP contribution in [0.25, 0.3) is 0 Å². The van der Waals surface area contributed by atoms with Crippen molar-refractivity contribution in [2.45, 2.75) is 12.5 Å². The quantitative estimate of drug-likeness (QED) is 0.923. The number of benzene rings is 2. The molecule has 1 unspecified atom stereocenters. The third-order valence-corrected chi connectivity index (χ3v) is 4.23. The average Bonchev–Trinajstić information content (AvgIpc) is 2.91. The Kier molecular flexibility index (Phi) is 4.20. The summed E-state index contributed by atoms with van der Waals surface area (Å²) in [5, 5.41) is 3.50. The summed E-state index contributed by atoms with van der Waals surface area (Å²) in [5.41, 5.74) is 1.35. The molecule has 1 N–H and O–H groups in total. The lowest BCUT2D eigenvalue weighted by molar-refractivity contribution is 0.604. The van der Waals surface area contributed by atoms with Gasteiger partial charge in [0, 0.05) is 11.8 Å². The van der Waals surface area contributed by atoms with Crippen molar-refractivity contribution in [1.82, 2.24) is 0 Å². The number of thioether (sulfide) groups is 1. The van der Waals surface area contributed by atoms with Crippen molar-refractivity contribution in [3.05, 3.63) is 65.7 Å². The summed E-state index contributed by atoms with van der Waals surface area (Å²) in [6.45, 7) is 0. The molecule has 0 amide bonds. The number of amidine groups is 1. The van der Waals surface area contributed by atoms with Crippen molar-refractivity contribution in [1.29, 1.82) is 0 Å². The van der Waals surface area contributed by atoms with E-state index in [2.05, 4.69) is 22.4 Å². The molecule has 0 radical (unpaired) electrons. The minimum Gasteiger partial charge on any atom is -0.332 e. The Morgan fingerprint density at radius 3 is 2.76 bits per heavy atom. The molecule has 0 fully saturated rings. The molecule has 3 rings (SSSR count). The van der Waals surface area contributed by atoms with Crippen LogP contribution in [0.4, 0.5) is 14.5 Å². The summed E-state index contributed by atoms with van der Waals surface area (Å²) in [5.74, 6) is -0.108. The predicted octanol–water partition coefficient (Wildman–Crippen LogP) is 4.09. The second kappa shape index (κ2) is 6.26. The normalized spacial score (nSPS) is 17.6. The smallest absolute Gasteiger partial charge is 0.161 e. The molecule has 1 atom stereocenters. The molecule has 2 aromatic carbocycles. The van der Waals surface area contributed by atoms with Crippen LogP contribution in [-0.2, 0) is 6.42 Å². The Bertz CT molecular complexity index is 659. The monoisotopic (exact) mass is 304 g/mol. The minimum absolute atomic E-state index is 0.126. The highest BCUT2D eigenvalue weighted by atomic mass is 32.2. The highest BCUT2D eigenvalue weighted by Crippen LogP contribution is 2.24. The van der Waals surface area contributed by atoms with Gasteiger partial charge in [0.2, 0.25) is 0 Å². The van der Waals surface area contributed by atoms with Crippen molar-refractivity contribution in [3.63, 3.8) is 0 Å². The van der Waals surface area contributed by atoms with Crippen LogP contribution in [0.1, 0.15) is 5.56 Å². The highest BCUT2D eigenvalue weighted by molar-refractivity contribution is 8.14. The average molecular weight is 304 g/mol. The molecule has 108 valence electrons. The molecule has 0 aromatic heterocycles. The number of nitrogens with one attached hydrogen (secondary N) is 1. The molecule has 2 aromatic rings. The molecule has 0 saturated heterocycles. The van der Waals surface area contributed by atoms with Gasteiger partial charge < -0.3 is 5.32 Å². The summed E-state index contributed by atoms with van der Waals surface area (Å²) in [6.07, 6.45) is 0.852. The summed E-state index contributed by atoms with van der Waals surface area (Å²) in [6, 6.07) is 13.6. The molecule has 1 aliphatic rings. The van der Waals surface area contributed by atoms with Gasteiger partial charge in [-0.2, -0.15) is 0 Å². The zero-order valence-electron chi connectivity index (χ0n) is 11.2. The topological polar surface area (TPSA) is 24.4 Å². The second-order valence-corrected chi connectivity index (χ2v) is 5.85. The van der Waals surface area contributed by atoms with Crippen molar-refractivity contribution < 1.29 is 8.78 Å². The lowest BCUT2D eigenvalue weighted by Gasteiger charge is -2.06. The zero-order chi connectivity index (χ0) is 14.7. The lowest BCUT2D eigenvalue weighted by atomic mass is 10.1. The van der Waals surface area contributed by atoms with E-state index in [0.29, 0.717) is 5.17 Å². The van der Waals surface area contributed by atoms with Gasteiger partial charge in [-0.3, -0.25) is 4.99 Å². The summed E-state index contributed by atoms with van der Waals surface area (Å²) < 4.78 is 26.7. The molecule has 21 heavy (non-hydrogen) atoms. The fourth-order valence-corrected chi connectivity index (χ4v) is 3.13. The van der Waals surface area contributed by atoms with E-state index in [0.717, 1.165) is 30.4 Å². The summed E-state index contributed by atoms with van der Waals surface area (Å²) >= 11 is 1.53. The van der Waals surface area contributed by atoms with E-state index in [4.69, 9.17) is 0 Å². The molecular formula is C16H14F2N2S. The van der Waals surface area contributed by atoms with E-state index in [9.17, 15) is 8.78 Å². The van der Waals surface area contributed by atoms with E-state index in [1.165, 1.54) is 17.3 Å². The number of hydrogen-bond acceptors (Lipinski definition) is 3. The van der Waals surface area contributed by atoms with Gasteiger partial charge in [-0.25, -0.2) is 8.78 Å². The first kappa shape index (κ1) is 14.1. The summed E-state index contributed by atoms with van der Waals surface area (Å²) in [4.78, 5) is 4.53. The first-order valence-electron chi connectivity index (χ1n) is 6.67. The maximum Gasteiger partial charge on any atom is 0.161 e. The van der Waals surface area contributed by atoms with E-state index in [1.807, 2.05) is 18.2 Å². The van der Waals surface area contributed by atoms with Crippen molar-refractivity contribution >= 4 is 22.6 Å². The second-order valence-electron chi connectivity index (χ2n) is 4.84. The first-order valence-corrected chi connectivity index (χ1v) is 7.66. The Labute approximate surface area is 126 Å². The van der Waals surface area contributed by atoms with Gasteiger partial charge in [0.1, 0.15) is 11.6 Å². The van der Waals surface area contributed by atoms with Crippen molar-refractivity contribution in [2.75, 3.05) is 11.1 Å². The zero-order valence-corrected chi connectivity index (χ0v) is 12.0. The minimum atomic E-state index is -0.480. The maximum atomic E-state index is 13.6. The van der Waals surface area contributed by atoms with Crippen LogP contribution in [-0.4, -0.2) is 17.0 Å².